The van der Waals surface area contributed by atoms with Gasteiger partial charge in [0, 0.05) is 20.1 Å². The van der Waals surface area contributed by atoms with Crippen molar-refractivity contribution in [2.24, 2.45) is 0 Å². The molecule has 1 saturated carbocycles. The molecule has 0 aromatic heterocycles. The summed E-state index contributed by atoms with van der Waals surface area (Å²) in [5.41, 5.74) is 2.54. The minimum Gasteiger partial charge on any atom is -0.391 e. The molecule has 2 aliphatic rings. The van der Waals surface area contributed by atoms with Crippen LogP contribution in [-0.4, -0.2) is 48.2 Å². The predicted molar refractivity (Wildman–Crippen MR) is 83.8 cm³/mol. The van der Waals surface area contributed by atoms with E-state index in [1.54, 1.807) is 11.9 Å². The average molecular weight is 289 g/mol. The summed E-state index contributed by atoms with van der Waals surface area (Å²) in [5.74, 6) is -0.0194. The van der Waals surface area contributed by atoms with Crippen molar-refractivity contribution in [3.63, 3.8) is 0 Å². The molecule has 5 heteroatoms. The fourth-order valence-electron chi connectivity index (χ4n) is 3.34. The summed E-state index contributed by atoms with van der Waals surface area (Å²) in [4.78, 5) is 14.5. The lowest BCUT2D eigenvalue weighted by atomic mass is 9.91. The van der Waals surface area contributed by atoms with Crippen molar-refractivity contribution in [3.05, 3.63) is 23.8 Å². The molecule has 0 saturated heterocycles. The van der Waals surface area contributed by atoms with E-state index in [-0.39, 0.29) is 11.9 Å². The van der Waals surface area contributed by atoms with E-state index in [0.29, 0.717) is 5.56 Å². The minimum absolute atomic E-state index is 0.0194. The highest BCUT2D eigenvalue weighted by Crippen LogP contribution is 2.31. The molecule has 21 heavy (non-hydrogen) atoms. The summed E-state index contributed by atoms with van der Waals surface area (Å²) < 4.78 is 0. The molecule has 1 aliphatic carbocycles. The molecule has 2 unspecified atom stereocenters. The Morgan fingerprint density at radius 1 is 1.24 bits per heavy atom. The van der Waals surface area contributed by atoms with Gasteiger partial charge < -0.3 is 20.6 Å². The van der Waals surface area contributed by atoms with Crippen molar-refractivity contribution < 1.29 is 9.90 Å². The number of likely N-dealkylation sites (N-methyl/N-ethyl adjacent to an activating group) is 1. The lowest BCUT2D eigenvalue weighted by Crippen LogP contribution is -2.46. The Hall–Kier alpha value is -1.75. The number of benzene rings is 1. The van der Waals surface area contributed by atoms with Gasteiger partial charge in [-0.15, -0.1) is 0 Å². The molecule has 3 N–H and O–H groups in total. The number of nitrogens with one attached hydrogen (secondary N) is 2. The van der Waals surface area contributed by atoms with E-state index in [4.69, 9.17) is 0 Å². The largest absolute Gasteiger partial charge is 0.391 e. The summed E-state index contributed by atoms with van der Waals surface area (Å²) >= 11 is 0. The summed E-state index contributed by atoms with van der Waals surface area (Å²) in [6, 6.07) is 5.66. The Morgan fingerprint density at radius 3 is 2.81 bits per heavy atom. The number of para-hydroxylation sites is 1. The number of amides is 1. The molecule has 1 aromatic carbocycles. The van der Waals surface area contributed by atoms with Gasteiger partial charge in [-0.1, -0.05) is 18.9 Å². The number of aliphatic hydroxyl groups excluding tert-OH is 1. The van der Waals surface area contributed by atoms with Crippen LogP contribution >= 0.6 is 0 Å². The zero-order valence-corrected chi connectivity index (χ0v) is 12.4. The molecular weight excluding hydrogens is 266 g/mol. The van der Waals surface area contributed by atoms with E-state index in [1.807, 2.05) is 18.2 Å². The number of anilines is 2. The van der Waals surface area contributed by atoms with Crippen LogP contribution in [0.2, 0.25) is 0 Å². The van der Waals surface area contributed by atoms with Crippen LogP contribution in [0, 0.1) is 0 Å². The van der Waals surface area contributed by atoms with Gasteiger partial charge in [0.25, 0.3) is 5.91 Å². The maximum absolute atomic E-state index is 12.8. The SMILES string of the molecule is CN(C(=O)c1cccc2c1NCCN2)C1CCCCC1O. The first kappa shape index (κ1) is 14.2. The Morgan fingerprint density at radius 2 is 2.00 bits per heavy atom. The van der Waals surface area contributed by atoms with Gasteiger partial charge in [0.2, 0.25) is 0 Å². The number of fused-ring (bicyclic) bond motifs is 1. The third kappa shape index (κ3) is 2.70. The third-order valence-electron chi connectivity index (χ3n) is 4.55. The maximum Gasteiger partial charge on any atom is 0.256 e. The zero-order valence-electron chi connectivity index (χ0n) is 12.4. The molecule has 2 atom stereocenters. The lowest BCUT2D eigenvalue weighted by Gasteiger charge is -2.36. The molecule has 0 spiro atoms. The Balaban J connectivity index is 1.84. The third-order valence-corrected chi connectivity index (χ3v) is 4.55. The van der Waals surface area contributed by atoms with E-state index >= 15 is 0 Å². The van der Waals surface area contributed by atoms with Crippen LogP contribution < -0.4 is 10.6 Å². The molecule has 0 radical (unpaired) electrons. The summed E-state index contributed by atoms with van der Waals surface area (Å²) in [6.07, 6.45) is 3.38. The first-order valence-corrected chi connectivity index (χ1v) is 7.74. The molecule has 1 amide bonds. The molecule has 1 heterocycles. The molecule has 1 fully saturated rings. The number of carbonyl (C=O) groups excluding carboxylic acids is 1. The molecule has 1 aliphatic heterocycles. The van der Waals surface area contributed by atoms with E-state index in [2.05, 4.69) is 10.6 Å². The highest BCUT2D eigenvalue weighted by molar-refractivity contribution is 6.02. The van der Waals surface area contributed by atoms with Gasteiger partial charge >= 0.3 is 0 Å². The van der Waals surface area contributed by atoms with Crippen molar-refractivity contribution >= 4 is 17.3 Å². The Bertz CT molecular complexity index is 532. The predicted octanol–water partition coefficient (Wildman–Crippen LogP) is 1.90. The number of nitrogens with zero attached hydrogens (tertiary/aromatic N) is 1. The first-order chi connectivity index (χ1) is 10.2. The molecule has 1 aromatic rings. The fourth-order valence-corrected chi connectivity index (χ4v) is 3.34. The number of hydrogen-bond donors (Lipinski definition) is 3. The summed E-state index contributed by atoms with van der Waals surface area (Å²) in [5, 5.41) is 16.8. The number of carbonyl (C=O) groups is 1. The molecule has 5 nitrogen and oxygen atoms in total. The van der Waals surface area contributed by atoms with Crippen molar-refractivity contribution in [1.29, 1.82) is 0 Å². The van der Waals surface area contributed by atoms with Crippen LogP contribution in [0.5, 0.6) is 0 Å². The minimum atomic E-state index is -0.404. The highest BCUT2D eigenvalue weighted by atomic mass is 16.3. The van der Waals surface area contributed by atoms with Gasteiger partial charge in [0.15, 0.2) is 0 Å². The maximum atomic E-state index is 12.8. The second-order valence-electron chi connectivity index (χ2n) is 5.92. The van der Waals surface area contributed by atoms with E-state index in [0.717, 1.165) is 50.1 Å². The van der Waals surface area contributed by atoms with Crippen LogP contribution in [0.4, 0.5) is 11.4 Å². The molecule has 3 rings (SSSR count). The van der Waals surface area contributed by atoms with Crippen LogP contribution in [0.1, 0.15) is 36.0 Å². The van der Waals surface area contributed by atoms with Crippen molar-refractivity contribution in [1.82, 2.24) is 4.90 Å². The highest BCUT2D eigenvalue weighted by Gasteiger charge is 2.31. The number of hydrogen-bond acceptors (Lipinski definition) is 4. The topological polar surface area (TPSA) is 64.6 Å². The second kappa shape index (κ2) is 5.93. The standard InChI is InChI=1S/C16H23N3O2/c1-19(13-7-2-3-8-14(13)20)16(21)11-5-4-6-12-15(11)18-10-9-17-12/h4-6,13-14,17-18,20H,2-3,7-10H2,1H3. The average Bonchev–Trinajstić information content (AvgIpc) is 2.53. The molecule has 0 bridgehead atoms. The second-order valence-corrected chi connectivity index (χ2v) is 5.92. The lowest BCUT2D eigenvalue weighted by molar-refractivity contribution is 0.0268. The van der Waals surface area contributed by atoms with Crippen molar-refractivity contribution in [2.75, 3.05) is 30.8 Å². The van der Waals surface area contributed by atoms with Crippen molar-refractivity contribution in [3.8, 4) is 0 Å². The van der Waals surface area contributed by atoms with Crippen molar-refractivity contribution in [2.45, 2.75) is 37.8 Å². The molecular formula is C16H23N3O2. The number of rotatable bonds is 2. The van der Waals surface area contributed by atoms with Gasteiger partial charge in [-0.2, -0.15) is 0 Å². The quantitative estimate of drug-likeness (QED) is 0.778. The number of aliphatic hydroxyl groups is 1. The zero-order chi connectivity index (χ0) is 14.8. The van der Waals surface area contributed by atoms with Crippen LogP contribution in [0.25, 0.3) is 0 Å². The van der Waals surface area contributed by atoms with Gasteiger partial charge in [0.1, 0.15) is 0 Å². The monoisotopic (exact) mass is 289 g/mol. The Kier molecular flexibility index (Phi) is 4.01. The van der Waals surface area contributed by atoms with Crippen LogP contribution in [0.3, 0.4) is 0 Å². The van der Waals surface area contributed by atoms with Gasteiger partial charge in [-0.3, -0.25) is 4.79 Å². The van der Waals surface area contributed by atoms with E-state index < -0.39 is 6.10 Å². The van der Waals surface area contributed by atoms with Crippen LogP contribution in [-0.2, 0) is 0 Å². The van der Waals surface area contributed by atoms with E-state index in [1.165, 1.54) is 0 Å². The smallest absolute Gasteiger partial charge is 0.256 e. The summed E-state index contributed by atoms with van der Waals surface area (Å²) in [7, 11) is 1.80. The van der Waals surface area contributed by atoms with Gasteiger partial charge in [-0.05, 0) is 25.0 Å². The van der Waals surface area contributed by atoms with E-state index in [9.17, 15) is 9.90 Å². The normalized spacial score (nSPS) is 24.5. The fraction of sp³-hybridized carbons (Fsp3) is 0.562. The van der Waals surface area contributed by atoms with Gasteiger partial charge in [0.05, 0.1) is 29.1 Å². The first-order valence-electron chi connectivity index (χ1n) is 7.74. The Labute approximate surface area is 125 Å². The summed E-state index contributed by atoms with van der Waals surface area (Å²) in [6.45, 7) is 1.68. The van der Waals surface area contributed by atoms with Crippen LogP contribution in [0.15, 0.2) is 18.2 Å². The molecule has 114 valence electrons. The van der Waals surface area contributed by atoms with Gasteiger partial charge in [-0.25, -0.2) is 0 Å².